The van der Waals surface area contributed by atoms with E-state index in [1.54, 1.807) is 0 Å². The highest BCUT2D eigenvalue weighted by Crippen LogP contribution is 2.17. The summed E-state index contributed by atoms with van der Waals surface area (Å²) in [6, 6.07) is 7.48. The number of rotatable bonds is 4. The molecule has 0 radical (unpaired) electrons. The highest BCUT2D eigenvalue weighted by Gasteiger charge is 1.99. The molecule has 1 aromatic carbocycles. The number of hydrogen-bond donors (Lipinski definition) is 1. The molecule has 0 heterocycles. The first-order valence-corrected chi connectivity index (χ1v) is 4.88. The van der Waals surface area contributed by atoms with Gasteiger partial charge in [0, 0.05) is 10.9 Å². The van der Waals surface area contributed by atoms with Gasteiger partial charge >= 0.3 is 0 Å². The van der Waals surface area contributed by atoms with Crippen molar-refractivity contribution in [3.63, 3.8) is 0 Å². The number of hydrogen-bond acceptors (Lipinski definition) is 2. The van der Waals surface area contributed by atoms with Crippen molar-refractivity contribution < 1.29 is 9.84 Å². The van der Waals surface area contributed by atoms with Crippen LogP contribution in [0.15, 0.2) is 24.3 Å². The summed E-state index contributed by atoms with van der Waals surface area (Å²) in [4.78, 5) is 0. The number of aliphatic hydroxyl groups is 1. The first-order valence-electron chi connectivity index (χ1n) is 3.76. The van der Waals surface area contributed by atoms with Gasteiger partial charge in [-0.25, -0.2) is 0 Å². The lowest BCUT2D eigenvalue weighted by Gasteiger charge is -2.07. The monoisotopic (exact) mass is 230 g/mol. The Balaban J connectivity index is 2.68. The van der Waals surface area contributed by atoms with E-state index in [2.05, 4.69) is 15.9 Å². The maximum atomic E-state index is 8.93. The van der Waals surface area contributed by atoms with Crippen LogP contribution < -0.4 is 4.74 Å². The summed E-state index contributed by atoms with van der Waals surface area (Å²) in [6.07, 6.45) is 0. The molecule has 0 fully saturated rings. The molecular formula is C9H11BrO2. The molecule has 12 heavy (non-hydrogen) atoms. The van der Waals surface area contributed by atoms with E-state index in [0.717, 1.165) is 16.6 Å². The minimum atomic E-state index is 0.0262. The SMILES string of the molecule is OCc1ccccc1OCCBr. The fraction of sp³-hybridized carbons (Fsp3) is 0.333. The Morgan fingerprint density at radius 2 is 2.08 bits per heavy atom. The van der Waals surface area contributed by atoms with Crippen molar-refractivity contribution >= 4 is 15.9 Å². The molecule has 0 spiro atoms. The summed E-state index contributed by atoms with van der Waals surface area (Å²) < 4.78 is 5.37. The lowest BCUT2D eigenvalue weighted by atomic mass is 10.2. The van der Waals surface area contributed by atoms with Gasteiger partial charge in [0.2, 0.25) is 0 Å². The normalized spacial score (nSPS) is 9.83. The van der Waals surface area contributed by atoms with E-state index >= 15 is 0 Å². The molecule has 2 nitrogen and oxygen atoms in total. The van der Waals surface area contributed by atoms with E-state index in [4.69, 9.17) is 9.84 Å². The third kappa shape index (κ3) is 2.50. The van der Waals surface area contributed by atoms with Gasteiger partial charge < -0.3 is 9.84 Å². The predicted octanol–water partition coefficient (Wildman–Crippen LogP) is 1.95. The third-order valence-corrected chi connectivity index (χ3v) is 1.80. The fourth-order valence-corrected chi connectivity index (χ4v) is 1.09. The third-order valence-electron chi connectivity index (χ3n) is 1.48. The maximum absolute atomic E-state index is 8.93. The van der Waals surface area contributed by atoms with Gasteiger partial charge in [-0.15, -0.1) is 0 Å². The van der Waals surface area contributed by atoms with Crippen LogP contribution >= 0.6 is 15.9 Å². The van der Waals surface area contributed by atoms with E-state index in [0.29, 0.717) is 6.61 Å². The zero-order valence-corrected chi connectivity index (χ0v) is 8.25. The zero-order chi connectivity index (χ0) is 8.81. The molecule has 1 aromatic rings. The van der Waals surface area contributed by atoms with Crippen LogP contribution in [0, 0.1) is 0 Å². The van der Waals surface area contributed by atoms with E-state index < -0.39 is 0 Å². The average molecular weight is 231 g/mol. The van der Waals surface area contributed by atoms with E-state index in [1.165, 1.54) is 0 Å². The molecule has 0 aliphatic rings. The molecule has 0 saturated carbocycles. The molecule has 0 aliphatic heterocycles. The van der Waals surface area contributed by atoms with Crippen LogP contribution in [-0.4, -0.2) is 17.0 Å². The zero-order valence-electron chi connectivity index (χ0n) is 6.66. The van der Waals surface area contributed by atoms with Gasteiger partial charge in [0.25, 0.3) is 0 Å². The quantitative estimate of drug-likeness (QED) is 0.802. The van der Waals surface area contributed by atoms with Gasteiger partial charge in [0.05, 0.1) is 13.2 Å². The van der Waals surface area contributed by atoms with Gasteiger partial charge in [-0.05, 0) is 6.07 Å². The van der Waals surface area contributed by atoms with Gasteiger partial charge in [-0.3, -0.25) is 0 Å². The maximum Gasteiger partial charge on any atom is 0.124 e. The summed E-state index contributed by atoms with van der Waals surface area (Å²) in [5.41, 5.74) is 0.832. The Labute approximate surface area is 80.3 Å². The Morgan fingerprint density at radius 1 is 1.33 bits per heavy atom. The number of ether oxygens (including phenoxy) is 1. The first-order chi connectivity index (χ1) is 5.88. The number of aliphatic hydroxyl groups excluding tert-OH is 1. The van der Waals surface area contributed by atoms with E-state index in [9.17, 15) is 0 Å². The smallest absolute Gasteiger partial charge is 0.124 e. The molecule has 0 unspecified atom stereocenters. The summed E-state index contributed by atoms with van der Waals surface area (Å²) >= 11 is 3.27. The Kier molecular flexibility index (Phi) is 4.11. The molecule has 0 atom stereocenters. The Hall–Kier alpha value is -0.540. The van der Waals surface area contributed by atoms with Crippen LogP contribution in [0.1, 0.15) is 5.56 Å². The van der Waals surface area contributed by atoms with Crippen molar-refractivity contribution in [3.05, 3.63) is 29.8 Å². The summed E-state index contributed by atoms with van der Waals surface area (Å²) in [6.45, 7) is 0.648. The van der Waals surface area contributed by atoms with E-state index in [1.807, 2.05) is 24.3 Å². The van der Waals surface area contributed by atoms with Crippen molar-refractivity contribution in [2.45, 2.75) is 6.61 Å². The lowest BCUT2D eigenvalue weighted by molar-refractivity contribution is 0.268. The van der Waals surface area contributed by atoms with Gasteiger partial charge in [0.15, 0.2) is 0 Å². The lowest BCUT2D eigenvalue weighted by Crippen LogP contribution is -2.00. The topological polar surface area (TPSA) is 29.5 Å². The fourth-order valence-electron chi connectivity index (χ4n) is 0.924. The Bertz CT molecular complexity index is 238. The second kappa shape index (κ2) is 5.17. The van der Waals surface area contributed by atoms with Crippen LogP contribution in [0.3, 0.4) is 0 Å². The molecule has 0 bridgehead atoms. The number of para-hydroxylation sites is 1. The Morgan fingerprint density at radius 3 is 2.75 bits per heavy atom. The summed E-state index contributed by atoms with van der Waals surface area (Å²) in [5, 5.41) is 9.72. The van der Waals surface area contributed by atoms with Gasteiger partial charge in [-0.2, -0.15) is 0 Å². The highest BCUT2D eigenvalue weighted by atomic mass is 79.9. The molecule has 0 aromatic heterocycles. The predicted molar refractivity (Wildman–Crippen MR) is 51.7 cm³/mol. The van der Waals surface area contributed by atoms with Crippen LogP contribution in [0.25, 0.3) is 0 Å². The molecule has 3 heteroatoms. The minimum Gasteiger partial charge on any atom is -0.492 e. The van der Waals surface area contributed by atoms with Crippen molar-refractivity contribution in [3.8, 4) is 5.75 Å². The number of halogens is 1. The standard InChI is InChI=1S/C9H11BrO2/c10-5-6-12-9-4-2-1-3-8(9)7-11/h1-4,11H,5-7H2. The van der Waals surface area contributed by atoms with Crippen molar-refractivity contribution in [1.82, 2.24) is 0 Å². The van der Waals surface area contributed by atoms with Crippen LogP contribution in [-0.2, 0) is 6.61 Å². The summed E-state index contributed by atoms with van der Waals surface area (Å²) in [5.74, 6) is 0.763. The largest absolute Gasteiger partial charge is 0.492 e. The van der Waals surface area contributed by atoms with Gasteiger partial charge in [-0.1, -0.05) is 34.1 Å². The molecule has 0 saturated heterocycles. The average Bonchev–Trinajstić information content (AvgIpc) is 2.15. The van der Waals surface area contributed by atoms with Crippen molar-refractivity contribution in [2.75, 3.05) is 11.9 Å². The minimum absolute atomic E-state index is 0.0262. The van der Waals surface area contributed by atoms with E-state index in [-0.39, 0.29) is 6.61 Å². The van der Waals surface area contributed by atoms with Crippen molar-refractivity contribution in [2.24, 2.45) is 0 Å². The molecular weight excluding hydrogens is 220 g/mol. The second-order valence-electron chi connectivity index (χ2n) is 2.30. The number of benzene rings is 1. The van der Waals surface area contributed by atoms with Crippen LogP contribution in [0.2, 0.25) is 0 Å². The summed E-state index contributed by atoms with van der Waals surface area (Å²) in [7, 11) is 0. The number of alkyl halides is 1. The highest BCUT2D eigenvalue weighted by molar-refractivity contribution is 9.09. The molecule has 1 N–H and O–H groups in total. The van der Waals surface area contributed by atoms with Crippen LogP contribution in [0.4, 0.5) is 0 Å². The molecule has 66 valence electrons. The molecule has 0 aliphatic carbocycles. The van der Waals surface area contributed by atoms with Crippen LogP contribution in [0.5, 0.6) is 5.75 Å². The second-order valence-corrected chi connectivity index (χ2v) is 3.10. The molecule has 1 rings (SSSR count). The van der Waals surface area contributed by atoms with Crippen molar-refractivity contribution in [1.29, 1.82) is 0 Å². The molecule has 0 amide bonds. The first kappa shape index (κ1) is 9.55. The van der Waals surface area contributed by atoms with Gasteiger partial charge in [0.1, 0.15) is 5.75 Å².